The zero-order valence-corrected chi connectivity index (χ0v) is 23.5. The Labute approximate surface area is 225 Å². The second-order valence-electron chi connectivity index (χ2n) is 13.2. The van der Waals surface area contributed by atoms with Gasteiger partial charge in [0.2, 0.25) is 11.8 Å². The molecule has 6 heteroatoms. The summed E-state index contributed by atoms with van der Waals surface area (Å²) in [6.45, 7) is 13.3. The monoisotopic (exact) mass is 512 g/mol. The SMILES string of the molecule is CC(C)c1ccc([C@H]2c3[nH]c4ccccc4c3C[C@@H]3C(=O)N(C4CC(C)(C)NC(C)(C)C4)CC(=O)N23)cc1. The summed E-state index contributed by atoms with van der Waals surface area (Å²) in [5.74, 6) is 0.547. The number of piperazine rings is 1. The molecule has 2 fully saturated rings. The molecule has 6 rings (SSSR count). The van der Waals surface area contributed by atoms with E-state index in [4.69, 9.17) is 0 Å². The minimum absolute atomic E-state index is 0.0333. The van der Waals surface area contributed by atoms with Crippen LogP contribution in [0.3, 0.4) is 0 Å². The first kappa shape index (κ1) is 25.2. The first-order chi connectivity index (χ1) is 17.9. The quantitative estimate of drug-likeness (QED) is 0.501. The molecule has 0 radical (unpaired) electrons. The summed E-state index contributed by atoms with van der Waals surface area (Å²) < 4.78 is 0. The van der Waals surface area contributed by atoms with Gasteiger partial charge >= 0.3 is 0 Å². The molecular formula is C32H40N4O2. The van der Waals surface area contributed by atoms with Crippen molar-refractivity contribution >= 4 is 22.7 Å². The largest absolute Gasteiger partial charge is 0.356 e. The van der Waals surface area contributed by atoms with Crippen LogP contribution in [0.1, 0.15) is 88.7 Å². The molecule has 0 unspecified atom stereocenters. The van der Waals surface area contributed by atoms with Gasteiger partial charge in [-0.05, 0) is 69.2 Å². The fourth-order valence-corrected chi connectivity index (χ4v) is 7.49. The van der Waals surface area contributed by atoms with E-state index in [-0.39, 0.29) is 41.5 Å². The van der Waals surface area contributed by atoms with Gasteiger partial charge in [0.25, 0.3) is 0 Å². The number of nitrogens with one attached hydrogen (secondary N) is 2. The predicted octanol–water partition coefficient (Wildman–Crippen LogP) is 5.29. The maximum atomic E-state index is 14.3. The number of para-hydroxylation sites is 1. The van der Waals surface area contributed by atoms with Crippen LogP contribution in [0.5, 0.6) is 0 Å². The molecule has 6 nitrogen and oxygen atoms in total. The van der Waals surface area contributed by atoms with Gasteiger partial charge in [0, 0.05) is 40.1 Å². The molecule has 2 amide bonds. The first-order valence-corrected chi connectivity index (χ1v) is 14.0. The van der Waals surface area contributed by atoms with Crippen molar-refractivity contribution in [3.8, 4) is 0 Å². The van der Waals surface area contributed by atoms with Crippen LogP contribution >= 0.6 is 0 Å². The predicted molar refractivity (Wildman–Crippen MR) is 151 cm³/mol. The average Bonchev–Trinajstić information content (AvgIpc) is 3.21. The number of aromatic nitrogens is 1. The number of H-pyrrole nitrogens is 1. The zero-order valence-electron chi connectivity index (χ0n) is 23.5. The first-order valence-electron chi connectivity index (χ1n) is 14.0. The zero-order chi connectivity index (χ0) is 27.0. The Hall–Kier alpha value is -3.12. The number of aromatic amines is 1. The van der Waals surface area contributed by atoms with E-state index in [1.807, 2.05) is 15.9 Å². The van der Waals surface area contributed by atoms with Crippen LogP contribution in [0, 0.1) is 0 Å². The second kappa shape index (κ2) is 8.70. The van der Waals surface area contributed by atoms with Gasteiger partial charge in [-0.2, -0.15) is 0 Å². The van der Waals surface area contributed by atoms with Crippen molar-refractivity contribution in [2.24, 2.45) is 0 Å². The number of hydrogen-bond donors (Lipinski definition) is 2. The summed E-state index contributed by atoms with van der Waals surface area (Å²) in [6, 6.07) is 16.1. The summed E-state index contributed by atoms with van der Waals surface area (Å²) >= 11 is 0. The molecule has 0 saturated carbocycles. The van der Waals surface area contributed by atoms with Gasteiger partial charge in [-0.25, -0.2) is 0 Å². The van der Waals surface area contributed by atoms with Crippen LogP contribution < -0.4 is 5.32 Å². The van der Waals surface area contributed by atoms with Crippen LogP contribution in [-0.2, 0) is 16.0 Å². The number of piperidine rings is 1. The Balaban J connectivity index is 1.44. The standard InChI is InChI=1S/C32H40N4O2/c1-19(2)20-11-13-21(14-12-20)29-28-24(23-9-7-8-10-25(23)33-28)15-26-30(38)35(18-27(37)36(26)29)22-16-31(3,4)34-32(5,6)17-22/h7-14,19,22,26,29,33-34H,15-18H2,1-6H3/t26-,29+/m1/s1. The summed E-state index contributed by atoms with van der Waals surface area (Å²) in [5, 5.41) is 4.86. The molecule has 3 aliphatic rings. The van der Waals surface area contributed by atoms with E-state index >= 15 is 0 Å². The average molecular weight is 513 g/mol. The molecular weight excluding hydrogens is 472 g/mol. The fraction of sp³-hybridized carbons (Fsp3) is 0.500. The van der Waals surface area contributed by atoms with Gasteiger partial charge < -0.3 is 20.1 Å². The van der Waals surface area contributed by atoms with Gasteiger partial charge in [-0.3, -0.25) is 9.59 Å². The van der Waals surface area contributed by atoms with Crippen LogP contribution in [-0.4, -0.2) is 56.3 Å². The lowest BCUT2D eigenvalue weighted by Gasteiger charge is -2.53. The van der Waals surface area contributed by atoms with Crippen molar-refractivity contribution in [2.45, 2.75) is 95.9 Å². The van der Waals surface area contributed by atoms with Crippen LogP contribution in [0.25, 0.3) is 10.9 Å². The minimum Gasteiger partial charge on any atom is -0.356 e. The molecule has 3 aliphatic heterocycles. The highest BCUT2D eigenvalue weighted by Crippen LogP contribution is 2.44. The third kappa shape index (κ3) is 4.14. The van der Waals surface area contributed by atoms with E-state index in [1.165, 1.54) is 5.56 Å². The Morgan fingerprint density at radius 2 is 1.58 bits per heavy atom. The molecule has 1 aromatic heterocycles. The molecule has 38 heavy (non-hydrogen) atoms. The van der Waals surface area contributed by atoms with E-state index in [0.29, 0.717) is 12.3 Å². The fourth-order valence-electron chi connectivity index (χ4n) is 7.49. The lowest BCUT2D eigenvalue weighted by molar-refractivity contribution is -0.162. The number of nitrogens with zero attached hydrogens (tertiary/aromatic N) is 2. The minimum atomic E-state index is -0.501. The molecule has 0 bridgehead atoms. The Morgan fingerprint density at radius 1 is 0.921 bits per heavy atom. The lowest BCUT2D eigenvalue weighted by atomic mass is 9.78. The number of carbonyl (C=O) groups excluding carboxylic acids is 2. The van der Waals surface area contributed by atoms with Crippen molar-refractivity contribution in [3.05, 3.63) is 70.9 Å². The molecule has 4 heterocycles. The van der Waals surface area contributed by atoms with Crippen molar-refractivity contribution < 1.29 is 9.59 Å². The van der Waals surface area contributed by atoms with Crippen molar-refractivity contribution in [3.63, 3.8) is 0 Å². The summed E-state index contributed by atoms with van der Waals surface area (Å²) in [5.41, 5.74) is 5.35. The molecule has 2 saturated heterocycles. The third-order valence-electron chi connectivity index (χ3n) is 8.82. The Kier molecular flexibility index (Phi) is 5.76. The van der Waals surface area contributed by atoms with E-state index in [0.717, 1.165) is 40.6 Å². The highest BCUT2D eigenvalue weighted by atomic mass is 16.2. The van der Waals surface area contributed by atoms with Gasteiger partial charge in [-0.1, -0.05) is 56.3 Å². The van der Waals surface area contributed by atoms with Gasteiger partial charge in [-0.15, -0.1) is 0 Å². The van der Waals surface area contributed by atoms with Crippen molar-refractivity contribution in [1.29, 1.82) is 0 Å². The molecule has 0 aliphatic carbocycles. The molecule has 2 aromatic carbocycles. The highest BCUT2D eigenvalue weighted by molar-refractivity contribution is 5.98. The normalized spacial score (nSPS) is 25.1. The van der Waals surface area contributed by atoms with Crippen LogP contribution in [0.15, 0.2) is 48.5 Å². The third-order valence-corrected chi connectivity index (χ3v) is 8.82. The van der Waals surface area contributed by atoms with Crippen molar-refractivity contribution in [2.75, 3.05) is 6.54 Å². The van der Waals surface area contributed by atoms with Gasteiger partial charge in [0.1, 0.15) is 12.6 Å². The lowest BCUT2D eigenvalue weighted by Crippen LogP contribution is -2.69. The van der Waals surface area contributed by atoms with Crippen molar-refractivity contribution in [1.82, 2.24) is 20.1 Å². The maximum absolute atomic E-state index is 14.3. The number of amides is 2. The maximum Gasteiger partial charge on any atom is 0.246 e. The number of rotatable bonds is 3. The Morgan fingerprint density at radius 3 is 2.24 bits per heavy atom. The molecule has 0 spiro atoms. The number of hydrogen-bond acceptors (Lipinski definition) is 3. The Bertz CT molecular complexity index is 1380. The highest BCUT2D eigenvalue weighted by Gasteiger charge is 2.51. The molecule has 3 aromatic rings. The number of benzene rings is 2. The van der Waals surface area contributed by atoms with Gasteiger partial charge in [0.15, 0.2) is 0 Å². The number of carbonyl (C=O) groups is 2. The van der Waals surface area contributed by atoms with E-state index in [9.17, 15) is 9.59 Å². The summed E-state index contributed by atoms with van der Waals surface area (Å²) in [6.07, 6.45) is 2.21. The molecule has 2 N–H and O–H groups in total. The molecule has 2 atom stereocenters. The number of fused-ring (bicyclic) bond motifs is 4. The van der Waals surface area contributed by atoms with E-state index in [2.05, 4.69) is 94.3 Å². The second-order valence-corrected chi connectivity index (χ2v) is 13.2. The smallest absolute Gasteiger partial charge is 0.246 e. The van der Waals surface area contributed by atoms with Crippen LogP contribution in [0.4, 0.5) is 0 Å². The van der Waals surface area contributed by atoms with Crippen LogP contribution in [0.2, 0.25) is 0 Å². The van der Waals surface area contributed by atoms with E-state index < -0.39 is 6.04 Å². The summed E-state index contributed by atoms with van der Waals surface area (Å²) in [7, 11) is 0. The topological polar surface area (TPSA) is 68.4 Å². The molecule has 200 valence electrons. The van der Waals surface area contributed by atoms with E-state index in [1.54, 1.807) is 0 Å². The summed E-state index contributed by atoms with van der Waals surface area (Å²) in [4.78, 5) is 35.8. The van der Waals surface area contributed by atoms with Gasteiger partial charge in [0.05, 0.1) is 6.04 Å².